The zero-order valence-corrected chi connectivity index (χ0v) is 13.7. The molecule has 5 nitrogen and oxygen atoms in total. The van der Waals surface area contributed by atoms with Crippen LogP contribution in [0.5, 0.6) is 5.75 Å². The minimum absolute atomic E-state index is 0.340. The van der Waals surface area contributed by atoms with Crippen molar-refractivity contribution in [1.29, 1.82) is 0 Å². The van der Waals surface area contributed by atoms with Gasteiger partial charge in [-0.3, -0.25) is 4.79 Å². The molecular formula is C17H21NO4S. The van der Waals surface area contributed by atoms with E-state index in [2.05, 4.69) is 5.32 Å². The normalized spacial score (nSPS) is 19.8. The monoisotopic (exact) mass is 335 g/mol. The molecule has 0 spiro atoms. The van der Waals surface area contributed by atoms with Gasteiger partial charge in [-0.2, -0.15) is 11.8 Å². The summed E-state index contributed by atoms with van der Waals surface area (Å²) in [6.45, 7) is 0.728. The van der Waals surface area contributed by atoms with Crippen LogP contribution in [0.3, 0.4) is 0 Å². The number of hydrogen-bond donors (Lipinski definition) is 2. The van der Waals surface area contributed by atoms with Crippen LogP contribution < -0.4 is 10.1 Å². The summed E-state index contributed by atoms with van der Waals surface area (Å²) in [5.74, 6) is 1.64. The zero-order chi connectivity index (χ0) is 16.3. The highest BCUT2D eigenvalue weighted by molar-refractivity contribution is 7.99. The molecule has 2 N–H and O–H groups in total. The van der Waals surface area contributed by atoms with E-state index < -0.39 is 11.5 Å². The lowest BCUT2D eigenvalue weighted by molar-refractivity contribution is -0.144. The lowest BCUT2D eigenvalue weighted by Crippen LogP contribution is -2.56. The highest BCUT2D eigenvalue weighted by Crippen LogP contribution is 2.30. The summed E-state index contributed by atoms with van der Waals surface area (Å²) < 4.78 is 5.64. The topological polar surface area (TPSA) is 75.6 Å². The number of carbonyl (C=O) groups is 2. The molecule has 1 aliphatic carbocycles. The van der Waals surface area contributed by atoms with Gasteiger partial charge in [-0.05, 0) is 67.4 Å². The maximum absolute atomic E-state index is 12.4. The lowest BCUT2D eigenvalue weighted by atomic mass is 9.92. The van der Waals surface area contributed by atoms with Crippen molar-refractivity contribution in [2.75, 3.05) is 18.1 Å². The highest BCUT2D eigenvalue weighted by atomic mass is 32.2. The minimum atomic E-state index is -1.14. The molecule has 1 aliphatic heterocycles. The van der Waals surface area contributed by atoms with Gasteiger partial charge in [-0.15, -0.1) is 0 Å². The standard InChI is InChI=1S/C17H21NO4S/c19-15(18-17(16(20)21)7-9-23-10-8-17)13-3-5-14(6-4-13)22-11-12-1-2-12/h3-6,12H,1-2,7-11H2,(H,18,19)(H,20,21). The van der Waals surface area contributed by atoms with Crippen LogP contribution >= 0.6 is 11.8 Å². The summed E-state index contributed by atoms with van der Waals surface area (Å²) in [6.07, 6.45) is 3.38. The van der Waals surface area contributed by atoms with Gasteiger partial charge in [0.15, 0.2) is 0 Å². The predicted molar refractivity (Wildman–Crippen MR) is 89.1 cm³/mol. The van der Waals surface area contributed by atoms with E-state index in [-0.39, 0.29) is 5.91 Å². The maximum atomic E-state index is 12.4. The fourth-order valence-corrected chi connectivity index (χ4v) is 3.79. The van der Waals surface area contributed by atoms with Crippen LogP contribution in [0.2, 0.25) is 0 Å². The second-order valence-corrected chi connectivity index (χ2v) is 7.46. The number of aliphatic carboxylic acids is 1. The Morgan fingerprint density at radius 2 is 1.87 bits per heavy atom. The first-order chi connectivity index (χ1) is 11.1. The van der Waals surface area contributed by atoms with Gasteiger partial charge in [0, 0.05) is 5.56 Å². The van der Waals surface area contributed by atoms with Crippen molar-refractivity contribution in [2.45, 2.75) is 31.2 Å². The average molecular weight is 335 g/mol. The summed E-state index contributed by atoms with van der Waals surface area (Å²) in [5, 5.41) is 12.2. The molecule has 0 bridgehead atoms. The van der Waals surface area contributed by atoms with Crippen LogP contribution in [0.15, 0.2) is 24.3 Å². The van der Waals surface area contributed by atoms with E-state index in [4.69, 9.17) is 4.74 Å². The van der Waals surface area contributed by atoms with Gasteiger partial charge in [0.05, 0.1) is 6.61 Å². The Balaban J connectivity index is 1.63. The molecule has 6 heteroatoms. The smallest absolute Gasteiger partial charge is 0.329 e. The van der Waals surface area contributed by atoms with Crippen LogP contribution in [-0.2, 0) is 4.79 Å². The molecular weight excluding hydrogens is 314 g/mol. The summed E-state index contributed by atoms with van der Waals surface area (Å²) >= 11 is 1.72. The largest absolute Gasteiger partial charge is 0.493 e. The number of nitrogens with one attached hydrogen (secondary N) is 1. The van der Waals surface area contributed by atoms with Crippen molar-refractivity contribution in [2.24, 2.45) is 5.92 Å². The second-order valence-electron chi connectivity index (χ2n) is 6.23. The van der Waals surface area contributed by atoms with Gasteiger partial charge in [0.2, 0.25) is 0 Å². The maximum Gasteiger partial charge on any atom is 0.329 e. The number of amides is 1. The number of ether oxygens (including phenoxy) is 1. The molecule has 2 aliphatic rings. The lowest BCUT2D eigenvalue weighted by Gasteiger charge is -2.33. The van der Waals surface area contributed by atoms with Gasteiger partial charge in [-0.25, -0.2) is 4.79 Å². The Morgan fingerprint density at radius 3 is 2.43 bits per heavy atom. The van der Waals surface area contributed by atoms with Crippen molar-refractivity contribution in [3.8, 4) is 5.75 Å². The molecule has 2 fully saturated rings. The van der Waals surface area contributed by atoms with Crippen molar-refractivity contribution >= 4 is 23.6 Å². The third-order valence-electron chi connectivity index (χ3n) is 4.41. The number of rotatable bonds is 6. The van der Waals surface area contributed by atoms with Gasteiger partial charge < -0.3 is 15.2 Å². The summed E-state index contributed by atoms with van der Waals surface area (Å²) in [4.78, 5) is 24.0. The van der Waals surface area contributed by atoms with Gasteiger partial charge in [-0.1, -0.05) is 0 Å². The molecule has 0 atom stereocenters. The quantitative estimate of drug-likeness (QED) is 0.835. The van der Waals surface area contributed by atoms with Crippen molar-refractivity contribution < 1.29 is 19.4 Å². The Bertz CT molecular complexity index is 577. The number of carboxylic acids is 1. The summed E-state index contributed by atoms with van der Waals surface area (Å²) in [7, 11) is 0. The Kier molecular flexibility index (Phi) is 4.80. The predicted octanol–water partition coefficient (Wildman–Crippen LogP) is 2.56. The van der Waals surface area contributed by atoms with Gasteiger partial charge in [0.1, 0.15) is 11.3 Å². The molecule has 1 saturated carbocycles. The molecule has 3 rings (SSSR count). The first-order valence-electron chi connectivity index (χ1n) is 7.96. The molecule has 23 heavy (non-hydrogen) atoms. The number of carboxylic acid groups (broad SMARTS) is 1. The molecule has 0 radical (unpaired) electrons. The number of carbonyl (C=O) groups excluding carboxylic acids is 1. The van der Waals surface area contributed by atoms with E-state index in [0.717, 1.165) is 23.9 Å². The molecule has 0 aromatic heterocycles. The Hall–Kier alpha value is -1.69. The number of thioether (sulfide) groups is 1. The van der Waals surface area contributed by atoms with Crippen LogP contribution in [0.4, 0.5) is 0 Å². The molecule has 1 heterocycles. The van der Waals surface area contributed by atoms with Crippen LogP contribution in [-0.4, -0.2) is 40.6 Å². The molecule has 1 amide bonds. The zero-order valence-electron chi connectivity index (χ0n) is 12.9. The molecule has 0 unspecified atom stereocenters. The summed E-state index contributed by atoms with van der Waals surface area (Å²) in [5.41, 5.74) is -0.675. The van der Waals surface area contributed by atoms with E-state index in [0.29, 0.717) is 24.3 Å². The van der Waals surface area contributed by atoms with Crippen molar-refractivity contribution in [1.82, 2.24) is 5.32 Å². The average Bonchev–Trinajstić information content (AvgIpc) is 3.38. The first-order valence-corrected chi connectivity index (χ1v) is 9.11. The molecule has 124 valence electrons. The van der Waals surface area contributed by atoms with E-state index in [9.17, 15) is 14.7 Å². The highest BCUT2D eigenvalue weighted by Gasteiger charge is 2.41. The molecule has 1 aromatic rings. The van der Waals surface area contributed by atoms with E-state index >= 15 is 0 Å². The van der Waals surface area contributed by atoms with Crippen LogP contribution in [0.1, 0.15) is 36.0 Å². The van der Waals surface area contributed by atoms with Crippen molar-refractivity contribution in [3.05, 3.63) is 29.8 Å². The second kappa shape index (κ2) is 6.83. The van der Waals surface area contributed by atoms with Gasteiger partial charge >= 0.3 is 5.97 Å². The molecule has 1 aromatic carbocycles. The SMILES string of the molecule is O=C(NC1(C(=O)O)CCSCC1)c1ccc(OCC2CC2)cc1. The van der Waals surface area contributed by atoms with E-state index in [1.54, 1.807) is 36.0 Å². The first kappa shape index (κ1) is 16.2. The van der Waals surface area contributed by atoms with Crippen LogP contribution in [0, 0.1) is 5.92 Å². The van der Waals surface area contributed by atoms with Crippen LogP contribution in [0.25, 0.3) is 0 Å². The molecule has 1 saturated heterocycles. The Labute approximate surface area is 139 Å². The minimum Gasteiger partial charge on any atom is -0.493 e. The van der Waals surface area contributed by atoms with Gasteiger partial charge in [0.25, 0.3) is 5.91 Å². The Morgan fingerprint density at radius 1 is 1.22 bits per heavy atom. The van der Waals surface area contributed by atoms with E-state index in [1.165, 1.54) is 12.8 Å². The fraction of sp³-hybridized carbons (Fsp3) is 0.529. The fourth-order valence-electron chi connectivity index (χ4n) is 2.60. The number of benzene rings is 1. The van der Waals surface area contributed by atoms with Crippen molar-refractivity contribution in [3.63, 3.8) is 0 Å². The summed E-state index contributed by atoms with van der Waals surface area (Å²) in [6, 6.07) is 6.90. The third-order valence-corrected chi connectivity index (χ3v) is 5.39. The number of hydrogen-bond acceptors (Lipinski definition) is 4. The third kappa shape index (κ3) is 3.99. The van der Waals surface area contributed by atoms with E-state index in [1.807, 2.05) is 0 Å².